The van der Waals surface area contributed by atoms with Gasteiger partial charge in [-0.3, -0.25) is 9.89 Å². The van der Waals surface area contributed by atoms with Crippen LogP contribution in [0, 0.1) is 11.6 Å². The molecule has 0 bridgehead atoms. The highest BCUT2D eigenvalue weighted by molar-refractivity contribution is 6.34. The van der Waals surface area contributed by atoms with Crippen LogP contribution < -0.4 is 11.1 Å². The lowest BCUT2D eigenvalue weighted by Crippen LogP contribution is -2.15. The lowest BCUT2D eigenvalue weighted by molar-refractivity contribution is 0.102. The summed E-state index contributed by atoms with van der Waals surface area (Å²) in [5.74, 6) is -2.54. The van der Waals surface area contributed by atoms with Crippen molar-refractivity contribution >= 4 is 28.9 Å². The largest absolute Gasteiger partial charge is 0.396 e. The van der Waals surface area contributed by atoms with Gasteiger partial charge in [0.2, 0.25) is 0 Å². The average Bonchev–Trinajstić information content (AvgIpc) is 2.69. The van der Waals surface area contributed by atoms with Gasteiger partial charge in [0, 0.05) is 6.07 Å². The van der Waals surface area contributed by atoms with Gasteiger partial charge in [-0.1, -0.05) is 11.6 Å². The van der Waals surface area contributed by atoms with E-state index >= 15 is 0 Å². The van der Waals surface area contributed by atoms with Crippen LogP contribution in [0.4, 0.5) is 20.2 Å². The molecule has 4 N–H and O–H groups in total. The molecule has 1 aromatic heterocycles. The van der Waals surface area contributed by atoms with E-state index in [1.807, 2.05) is 0 Å². The Kier molecular flexibility index (Phi) is 3.15. The minimum atomic E-state index is -0.980. The van der Waals surface area contributed by atoms with Gasteiger partial charge in [-0.25, -0.2) is 8.78 Å². The van der Waals surface area contributed by atoms with Gasteiger partial charge in [0.15, 0.2) is 5.82 Å². The van der Waals surface area contributed by atoms with Crippen molar-refractivity contribution in [3.8, 4) is 0 Å². The van der Waals surface area contributed by atoms with E-state index in [9.17, 15) is 13.6 Å². The van der Waals surface area contributed by atoms with E-state index in [1.54, 1.807) is 0 Å². The zero-order valence-corrected chi connectivity index (χ0v) is 9.55. The number of aromatic amines is 1. The Morgan fingerprint density at radius 2 is 2.17 bits per heavy atom. The lowest BCUT2D eigenvalue weighted by atomic mass is 10.2. The predicted molar refractivity (Wildman–Crippen MR) is 62.3 cm³/mol. The summed E-state index contributed by atoms with van der Waals surface area (Å²) in [6.07, 6.45) is 1.23. The van der Waals surface area contributed by atoms with Crippen molar-refractivity contribution in [1.82, 2.24) is 10.2 Å². The van der Waals surface area contributed by atoms with Crippen LogP contribution in [0.25, 0.3) is 0 Å². The van der Waals surface area contributed by atoms with Crippen LogP contribution in [0.2, 0.25) is 5.02 Å². The molecule has 2 rings (SSSR count). The topological polar surface area (TPSA) is 83.8 Å². The number of anilines is 2. The summed E-state index contributed by atoms with van der Waals surface area (Å²) in [7, 11) is 0. The summed E-state index contributed by atoms with van der Waals surface area (Å²) in [5, 5.41) is 7.83. The molecule has 1 aromatic carbocycles. The first kappa shape index (κ1) is 12.3. The van der Waals surface area contributed by atoms with Crippen molar-refractivity contribution in [2.24, 2.45) is 0 Å². The van der Waals surface area contributed by atoms with Crippen LogP contribution in [-0.2, 0) is 0 Å². The zero-order valence-electron chi connectivity index (χ0n) is 8.80. The molecular formula is C10H7ClF2N4O. The molecule has 0 unspecified atom stereocenters. The van der Waals surface area contributed by atoms with Crippen molar-refractivity contribution in [2.75, 3.05) is 11.1 Å². The Morgan fingerprint density at radius 1 is 1.44 bits per heavy atom. The molecule has 0 atom stereocenters. The van der Waals surface area contributed by atoms with Crippen molar-refractivity contribution in [2.45, 2.75) is 0 Å². The van der Waals surface area contributed by atoms with Gasteiger partial charge >= 0.3 is 0 Å². The number of hydrogen-bond acceptors (Lipinski definition) is 3. The second-order valence-corrected chi connectivity index (χ2v) is 3.81. The highest BCUT2D eigenvalue weighted by Gasteiger charge is 2.17. The Balaban J connectivity index is 2.31. The zero-order chi connectivity index (χ0) is 13.3. The smallest absolute Gasteiger partial charge is 0.275 e. The normalized spacial score (nSPS) is 10.4. The van der Waals surface area contributed by atoms with Gasteiger partial charge in [-0.15, -0.1) is 0 Å². The molecule has 8 heteroatoms. The number of carbonyl (C=O) groups is 1. The van der Waals surface area contributed by atoms with E-state index in [1.165, 1.54) is 6.20 Å². The molecule has 18 heavy (non-hydrogen) atoms. The van der Waals surface area contributed by atoms with Gasteiger partial charge < -0.3 is 11.1 Å². The number of rotatable bonds is 2. The summed E-state index contributed by atoms with van der Waals surface area (Å²) in [4.78, 5) is 11.7. The summed E-state index contributed by atoms with van der Waals surface area (Å²) >= 11 is 5.63. The second kappa shape index (κ2) is 4.61. The molecule has 0 radical (unpaired) electrons. The molecule has 1 amide bonds. The van der Waals surface area contributed by atoms with Crippen molar-refractivity contribution < 1.29 is 13.6 Å². The van der Waals surface area contributed by atoms with Crippen molar-refractivity contribution in [3.63, 3.8) is 0 Å². The minimum absolute atomic E-state index is 0.0326. The quantitative estimate of drug-likeness (QED) is 0.783. The first-order valence-corrected chi connectivity index (χ1v) is 5.11. The second-order valence-electron chi connectivity index (χ2n) is 3.40. The van der Waals surface area contributed by atoms with E-state index < -0.39 is 17.5 Å². The monoisotopic (exact) mass is 272 g/mol. The molecule has 0 fully saturated rings. The average molecular weight is 273 g/mol. The number of nitrogens with one attached hydrogen (secondary N) is 2. The molecule has 2 aromatic rings. The number of amides is 1. The maximum absolute atomic E-state index is 13.4. The molecule has 0 aliphatic heterocycles. The third-order valence-corrected chi connectivity index (χ3v) is 2.44. The molecule has 0 aliphatic rings. The van der Waals surface area contributed by atoms with Crippen molar-refractivity contribution in [3.05, 3.63) is 40.7 Å². The van der Waals surface area contributed by atoms with Crippen LogP contribution in [-0.4, -0.2) is 16.1 Å². The minimum Gasteiger partial charge on any atom is -0.396 e. The molecule has 5 nitrogen and oxygen atoms in total. The number of halogens is 3. The summed E-state index contributed by atoms with van der Waals surface area (Å²) < 4.78 is 26.2. The molecule has 0 saturated carbocycles. The molecule has 1 heterocycles. The Morgan fingerprint density at radius 3 is 2.72 bits per heavy atom. The van der Waals surface area contributed by atoms with E-state index in [4.69, 9.17) is 17.3 Å². The number of H-pyrrole nitrogens is 1. The third kappa shape index (κ3) is 2.25. The Hall–Kier alpha value is -2.15. The first-order valence-electron chi connectivity index (χ1n) is 4.73. The molecular weight excluding hydrogens is 266 g/mol. The summed E-state index contributed by atoms with van der Waals surface area (Å²) in [6, 6.07) is 1.49. The number of nitrogens with zero attached hydrogens (tertiary/aromatic N) is 1. The van der Waals surface area contributed by atoms with Crippen LogP contribution in [0.3, 0.4) is 0 Å². The standard InChI is InChI=1S/C10H7ClF2N4O/c11-5-1-4(12)2-6(13)8(5)16-10(18)9-7(14)3-15-17-9/h1-3H,14H2,(H,15,17)(H,16,18). The number of benzene rings is 1. The first-order chi connectivity index (χ1) is 8.49. The number of nitrogens with two attached hydrogens (primary N) is 1. The fraction of sp³-hybridized carbons (Fsp3) is 0. The van der Waals surface area contributed by atoms with Gasteiger partial charge in [0.1, 0.15) is 11.5 Å². The van der Waals surface area contributed by atoms with Crippen LogP contribution in [0.5, 0.6) is 0 Å². The van der Waals surface area contributed by atoms with E-state index in [2.05, 4.69) is 15.5 Å². The number of aromatic nitrogens is 2. The third-order valence-electron chi connectivity index (χ3n) is 2.14. The predicted octanol–water partition coefficient (Wildman–Crippen LogP) is 2.18. The van der Waals surface area contributed by atoms with E-state index in [-0.39, 0.29) is 22.1 Å². The molecule has 0 aliphatic carbocycles. The summed E-state index contributed by atoms with van der Waals surface area (Å²) in [5.41, 5.74) is 5.20. The Bertz CT molecular complexity index is 591. The van der Waals surface area contributed by atoms with E-state index in [0.29, 0.717) is 6.07 Å². The number of nitrogen functional groups attached to an aromatic ring is 1. The molecule has 94 valence electrons. The fourth-order valence-electron chi connectivity index (χ4n) is 1.31. The highest BCUT2D eigenvalue weighted by atomic mass is 35.5. The Labute approximate surface area is 105 Å². The van der Waals surface area contributed by atoms with Crippen LogP contribution >= 0.6 is 11.6 Å². The highest BCUT2D eigenvalue weighted by Crippen LogP contribution is 2.27. The molecule has 0 saturated heterocycles. The number of carbonyl (C=O) groups excluding carboxylic acids is 1. The van der Waals surface area contributed by atoms with Crippen LogP contribution in [0.15, 0.2) is 18.3 Å². The lowest BCUT2D eigenvalue weighted by Gasteiger charge is -2.07. The maximum Gasteiger partial charge on any atom is 0.275 e. The SMILES string of the molecule is Nc1cn[nH]c1C(=O)Nc1c(F)cc(F)cc1Cl. The fourth-order valence-corrected chi connectivity index (χ4v) is 1.56. The van der Waals surface area contributed by atoms with Gasteiger partial charge in [-0.05, 0) is 6.07 Å². The molecule has 0 spiro atoms. The summed E-state index contributed by atoms with van der Waals surface area (Å²) in [6.45, 7) is 0. The van der Waals surface area contributed by atoms with E-state index in [0.717, 1.165) is 6.07 Å². The maximum atomic E-state index is 13.4. The van der Waals surface area contributed by atoms with Gasteiger partial charge in [0.25, 0.3) is 5.91 Å². The van der Waals surface area contributed by atoms with Crippen molar-refractivity contribution in [1.29, 1.82) is 0 Å². The van der Waals surface area contributed by atoms with Crippen LogP contribution in [0.1, 0.15) is 10.5 Å². The van der Waals surface area contributed by atoms with Gasteiger partial charge in [-0.2, -0.15) is 5.10 Å². The van der Waals surface area contributed by atoms with Gasteiger partial charge in [0.05, 0.1) is 22.6 Å². The number of hydrogen-bond donors (Lipinski definition) is 3.